The lowest BCUT2D eigenvalue weighted by Crippen LogP contribution is -1.99. The molecule has 0 radical (unpaired) electrons. The van der Waals surface area contributed by atoms with Crippen molar-refractivity contribution in [3.05, 3.63) is 0 Å². The van der Waals surface area contributed by atoms with Crippen LogP contribution in [0.1, 0.15) is 53.9 Å². The number of unbranched alkanes of at least 4 members (excludes halogenated alkanes) is 1. The summed E-state index contributed by atoms with van der Waals surface area (Å²) >= 11 is 0. The van der Waals surface area contributed by atoms with Crippen molar-refractivity contribution in [1.29, 1.82) is 0 Å². The van der Waals surface area contributed by atoms with Crippen LogP contribution in [0.5, 0.6) is 0 Å². The summed E-state index contributed by atoms with van der Waals surface area (Å²) in [5, 5.41) is 0. The molecule has 0 saturated carbocycles. The minimum atomic E-state index is 0.178. The first-order chi connectivity index (χ1) is 5.42. The molecule has 0 heterocycles. The van der Waals surface area contributed by atoms with Gasteiger partial charge in [0.15, 0.2) is 0 Å². The fourth-order valence-electron chi connectivity index (χ4n) is 0.926. The van der Waals surface area contributed by atoms with Crippen molar-refractivity contribution < 1.29 is 0 Å². The van der Waals surface area contributed by atoms with Gasteiger partial charge in [0.05, 0.1) is 0 Å². The second-order valence-electron chi connectivity index (χ2n) is 4.84. The molecule has 0 bridgehead atoms. The van der Waals surface area contributed by atoms with Crippen LogP contribution in [0, 0.1) is 23.2 Å². The molecule has 0 fully saturated rings. The molecule has 0 saturated heterocycles. The van der Waals surface area contributed by atoms with Crippen molar-refractivity contribution in [2.75, 3.05) is 0 Å². The maximum Gasteiger partial charge on any atom is 0.0230 e. The summed E-state index contributed by atoms with van der Waals surface area (Å²) in [6, 6.07) is 0. The molecule has 0 aromatic rings. The highest BCUT2D eigenvalue weighted by Crippen LogP contribution is 2.11. The third-order valence-electron chi connectivity index (χ3n) is 1.55. The first-order valence-corrected chi connectivity index (χ1v) is 4.92. The van der Waals surface area contributed by atoms with Gasteiger partial charge >= 0.3 is 0 Å². The Balaban J connectivity index is 3.47. The average molecular weight is 166 g/mol. The predicted octanol–water partition coefficient (Wildman–Crippen LogP) is 3.86. The van der Waals surface area contributed by atoms with Crippen LogP contribution >= 0.6 is 0 Å². The van der Waals surface area contributed by atoms with E-state index in [1.54, 1.807) is 0 Å². The lowest BCUT2D eigenvalue weighted by atomic mass is 9.97. The molecular formula is C12H22. The number of rotatable bonds is 3. The molecule has 0 aliphatic carbocycles. The van der Waals surface area contributed by atoms with Gasteiger partial charge in [-0.1, -0.05) is 26.2 Å². The molecular weight excluding hydrogens is 144 g/mol. The van der Waals surface area contributed by atoms with Crippen molar-refractivity contribution in [3.63, 3.8) is 0 Å². The van der Waals surface area contributed by atoms with Crippen LogP contribution < -0.4 is 0 Å². The third kappa shape index (κ3) is 9.56. The highest BCUT2D eigenvalue weighted by atomic mass is 14.1. The summed E-state index contributed by atoms with van der Waals surface area (Å²) in [5.74, 6) is 7.30. The lowest BCUT2D eigenvalue weighted by Gasteiger charge is -2.06. The second kappa shape index (κ2) is 5.25. The molecule has 0 N–H and O–H groups in total. The van der Waals surface area contributed by atoms with Crippen LogP contribution in [-0.2, 0) is 0 Å². The van der Waals surface area contributed by atoms with Crippen molar-refractivity contribution in [2.45, 2.75) is 53.9 Å². The molecule has 0 spiro atoms. The first-order valence-electron chi connectivity index (χ1n) is 4.92. The van der Waals surface area contributed by atoms with E-state index in [9.17, 15) is 0 Å². The summed E-state index contributed by atoms with van der Waals surface area (Å²) in [5.41, 5.74) is 0.178. The first kappa shape index (κ1) is 11.6. The standard InChI is InChI=1S/C12H22/c1-11(2)9-7-6-8-10-12(3,4)5/h11H,6-7,9H2,1-5H3. The van der Waals surface area contributed by atoms with E-state index >= 15 is 0 Å². The molecule has 0 aliphatic heterocycles. The summed E-state index contributed by atoms with van der Waals surface area (Å²) in [6.07, 6.45) is 3.62. The summed E-state index contributed by atoms with van der Waals surface area (Å²) < 4.78 is 0. The fourth-order valence-corrected chi connectivity index (χ4v) is 0.926. The highest BCUT2D eigenvalue weighted by molar-refractivity contribution is 5.06. The Hall–Kier alpha value is -0.440. The minimum Gasteiger partial charge on any atom is -0.103 e. The van der Waals surface area contributed by atoms with Crippen LogP contribution in [0.3, 0.4) is 0 Å². The van der Waals surface area contributed by atoms with Gasteiger partial charge in [-0.2, -0.15) is 0 Å². The van der Waals surface area contributed by atoms with E-state index in [4.69, 9.17) is 0 Å². The fraction of sp³-hybridized carbons (Fsp3) is 0.833. The van der Waals surface area contributed by atoms with Crippen LogP contribution in [0.25, 0.3) is 0 Å². The average Bonchev–Trinajstić information content (AvgIpc) is 1.83. The summed E-state index contributed by atoms with van der Waals surface area (Å²) in [7, 11) is 0. The van der Waals surface area contributed by atoms with Gasteiger partial charge in [0.1, 0.15) is 0 Å². The SMILES string of the molecule is CC(C)CCCC#CC(C)(C)C. The molecule has 70 valence electrons. The molecule has 0 aromatic carbocycles. The van der Waals surface area contributed by atoms with E-state index in [0.29, 0.717) is 0 Å². The maximum atomic E-state index is 3.25. The smallest absolute Gasteiger partial charge is 0.0230 e. The van der Waals surface area contributed by atoms with Gasteiger partial charge in [-0.05, 0) is 33.1 Å². The van der Waals surface area contributed by atoms with E-state index in [1.807, 2.05) is 0 Å². The molecule has 12 heavy (non-hydrogen) atoms. The lowest BCUT2D eigenvalue weighted by molar-refractivity contribution is 0.557. The Bertz CT molecular complexity index is 159. The highest BCUT2D eigenvalue weighted by Gasteiger charge is 2.02. The summed E-state index contributed by atoms with van der Waals surface area (Å²) in [4.78, 5) is 0. The topological polar surface area (TPSA) is 0 Å². The van der Waals surface area contributed by atoms with Crippen LogP contribution in [-0.4, -0.2) is 0 Å². The van der Waals surface area contributed by atoms with E-state index in [1.165, 1.54) is 12.8 Å². The van der Waals surface area contributed by atoms with E-state index < -0.39 is 0 Å². The van der Waals surface area contributed by atoms with E-state index in [2.05, 4.69) is 46.5 Å². The molecule has 0 aliphatic rings. The number of hydrogen-bond donors (Lipinski definition) is 0. The van der Waals surface area contributed by atoms with Crippen molar-refractivity contribution >= 4 is 0 Å². The van der Waals surface area contributed by atoms with Gasteiger partial charge in [-0.25, -0.2) is 0 Å². The van der Waals surface area contributed by atoms with Crippen LogP contribution in [0.2, 0.25) is 0 Å². The Morgan fingerprint density at radius 2 is 1.75 bits per heavy atom. The zero-order chi connectivity index (χ0) is 9.61. The minimum absolute atomic E-state index is 0.178. The zero-order valence-electron chi connectivity index (χ0n) is 9.20. The molecule has 0 aromatic heterocycles. The van der Waals surface area contributed by atoms with Gasteiger partial charge in [0.2, 0.25) is 0 Å². The summed E-state index contributed by atoms with van der Waals surface area (Å²) in [6.45, 7) is 11.0. The van der Waals surface area contributed by atoms with Gasteiger partial charge in [-0.15, -0.1) is 5.92 Å². The molecule has 0 atom stereocenters. The molecule has 0 heteroatoms. The van der Waals surface area contributed by atoms with Crippen molar-refractivity contribution in [3.8, 4) is 11.8 Å². The Morgan fingerprint density at radius 3 is 2.17 bits per heavy atom. The Morgan fingerprint density at radius 1 is 1.17 bits per heavy atom. The van der Waals surface area contributed by atoms with Crippen molar-refractivity contribution in [1.82, 2.24) is 0 Å². The van der Waals surface area contributed by atoms with Crippen LogP contribution in [0.4, 0.5) is 0 Å². The van der Waals surface area contributed by atoms with Gasteiger partial charge in [0, 0.05) is 11.8 Å². The van der Waals surface area contributed by atoms with Gasteiger partial charge in [0.25, 0.3) is 0 Å². The zero-order valence-corrected chi connectivity index (χ0v) is 9.20. The van der Waals surface area contributed by atoms with Crippen molar-refractivity contribution in [2.24, 2.45) is 11.3 Å². The maximum absolute atomic E-state index is 3.25. The quantitative estimate of drug-likeness (QED) is 0.441. The largest absolute Gasteiger partial charge is 0.103 e. The molecule has 0 rings (SSSR count). The second-order valence-corrected chi connectivity index (χ2v) is 4.84. The molecule has 0 amide bonds. The van der Waals surface area contributed by atoms with Gasteiger partial charge in [-0.3, -0.25) is 0 Å². The van der Waals surface area contributed by atoms with E-state index in [-0.39, 0.29) is 5.41 Å². The number of hydrogen-bond acceptors (Lipinski definition) is 0. The van der Waals surface area contributed by atoms with Crippen LogP contribution in [0.15, 0.2) is 0 Å². The molecule has 0 unspecified atom stereocenters. The van der Waals surface area contributed by atoms with Gasteiger partial charge < -0.3 is 0 Å². The monoisotopic (exact) mass is 166 g/mol. The third-order valence-corrected chi connectivity index (χ3v) is 1.55. The molecule has 0 nitrogen and oxygen atoms in total. The predicted molar refractivity (Wildman–Crippen MR) is 55.9 cm³/mol. The Labute approximate surface area is 77.8 Å². The van der Waals surface area contributed by atoms with E-state index in [0.717, 1.165) is 12.3 Å². The Kier molecular flexibility index (Phi) is 5.06. The normalized spacial score (nSPS) is 11.2.